The highest BCUT2D eigenvalue weighted by Gasteiger charge is 2.30. The Labute approximate surface area is 255 Å². The summed E-state index contributed by atoms with van der Waals surface area (Å²) in [5.74, 6) is -0.862. The van der Waals surface area contributed by atoms with E-state index in [0.29, 0.717) is 22.1 Å². The fourth-order valence-electron chi connectivity index (χ4n) is 4.88. The van der Waals surface area contributed by atoms with Crippen LogP contribution in [0, 0.1) is 11.2 Å². The molecule has 0 bridgehead atoms. The Morgan fingerprint density at radius 1 is 0.956 bits per heavy atom. The summed E-state index contributed by atoms with van der Waals surface area (Å²) < 4.78 is 85.5. The molecule has 1 heterocycles. The number of carbonyl (C=O) groups excluding carboxylic acids is 1. The van der Waals surface area contributed by atoms with Gasteiger partial charge >= 0.3 is 6.18 Å². The summed E-state index contributed by atoms with van der Waals surface area (Å²) in [5, 5.41) is 11.6. The van der Waals surface area contributed by atoms with Crippen LogP contribution in [0.15, 0.2) is 83.3 Å². The zero-order valence-corrected chi connectivity index (χ0v) is 24.9. The molecule has 13 heteroatoms. The van der Waals surface area contributed by atoms with Gasteiger partial charge in [0.25, 0.3) is 5.91 Å². The SMILES string of the molecule is CNC(=O)c1c(-c2ccc(F)cc2)oc2cc(N(C)S(C)(=O)=O)c(-c3ccc(N)c(C(=N)c4ccc(C(F)(F)F)cc4)c3)cc12. The summed E-state index contributed by atoms with van der Waals surface area (Å²) in [4.78, 5) is 13.1. The fourth-order valence-corrected chi connectivity index (χ4v) is 5.39. The van der Waals surface area contributed by atoms with Gasteiger partial charge in [-0.25, -0.2) is 12.8 Å². The van der Waals surface area contributed by atoms with Crippen molar-refractivity contribution in [3.8, 4) is 22.5 Å². The zero-order chi connectivity index (χ0) is 32.8. The number of anilines is 2. The monoisotopic (exact) mass is 638 g/mol. The summed E-state index contributed by atoms with van der Waals surface area (Å²) in [6.45, 7) is 0. The Kier molecular flexibility index (Phi) is 7.92. The molecule has 0 aliphatic carbocycles. The Hall–Kier alpha value is -5.17. The second-order valence-electron chi connectivity index (χ2n) is 10.2. The Morgan fingerprint density at radius 2 is 1.58 bits per heavy atom. The number of hydrogen-bond acceptors (Lipinski definition) is 6. The molecule has 232 valence electrons. The second-order valence-corrected chi connectivity index (χ2v) is 12.3. The number of sulfonamides is 1. The first-order valence-electron chi connectivity index (χ1n) is 13.3. The maximum Gasteiger partial charge on any atom is 0.416 e. The lowest BCUT2D eigenvalue weighted by atomic mass is 9.93. The molecule has 4 aromatic carbocycles. The molecule has 5 aromatic rings. The first kappa shape index (κ1) is 31.3. The molecule has 0 saturated heterocycles. The number of furan rings is 1. The van der Waals surface area contributed by atoms with E-state index < -0.39 is 33.5 Å². The van der Waals surface area contributed by atoms with Crippen LogP contribution < -0.4 is 15.4 Å². The minimum absolute atomic E-state index is 0.127. The number of rotatable bonds is 7. The molecular formula is C32H26F4N4O4S. The van der Waals surface area contributed by atoms with E-state index in [0.717, 1.165) is 22.7 Å². The van der Waals surface area contributed by atoms with Crippen molar-refractivity contribution < 1.29 is 35.2 Å². The van der Waals surface area contributed by atoms with Crippen molar-refractivity contribution >= 4 is 44.0 Å². The number of nitrogen functional groups attached to an aromatic ring is 1. The molecule has 5 rings (SSSR count). The summed E-state index contributed by atoms with van der Waals surface area (Å²) in [6.07, 6.45) is -3.53. The van der Waals surface area contributed by atoms with Crippen LogP contribution in [0.1, 0.15) is 27.0 Å². The van der Waals surface area contributed by atoms with Crippen molar-refractivity contribution in [2.24, 2.45) is 0 Å². The number of halogens is 4. The quantitative estimate of drug-likeness (QED) is 0.104. The molecule has 0 spiro atoms. The van der Waals surface area contributed by atoms with Crippen molar-refractivity contribution in [3.63, 3.8) is 0 Å². The smallest absolute Gasteiger partial charge is 0.416 e. The van der Waals surface area contributed by atoms with Crippen LogP contribution >= 0.6 is 0 Å². The maximum absolute atomic E-state index is 13.7. The number of benzene rings is 4. The first-order chi connectivity index (χ1) is 21.1. The number of carbonyl (C=O) groups is 1. The molecule has 4 N–H and O–H groups in total. The molecule has 1 amide bonds. The number of nitrogens with one attached hydrogen (secondary N) is 2. The van der Waals surface area contributed by atoms with Crippen LogP contribution in [-0.2, 0) is 16.2 Å². The molecule has 0 radical (unpaired) electrons. The summed E-state index contributed by atoms with van der Waals surface area (Å²) in [6, 6.07) is 17.1. The molecule has 0 aliphatic rings. The van der Waals surface area contributed by atoms with Crippen LogP contribution in [0.2, 0.25) is 0 Å². The predicted molar refractivity (Wildman–Crippen MR) is 165 cm³/mol. The van der Waals surface area contributed by atoms with Crippen molar-refractivity contribution in [1.29, 1.82) is 5.41 Å². The maximum atomic E-state index is 13.7. The van der Waals surface area contributed by atoms with E-state index in [2.05, 4.69) is 5.32 Å². The molecule has 0 aliphatic heterocycles. The average molecular weight is 639 g/mol. The highest BCUT2D eigenvalue weighted by molar-refractivity contribution is 7.92. The molecule has 0 saturated carbocycles. The molecule has 45 heavy (non-hydrogen) atoms. The number of amides is 1. The molecule has 8 nitrogen and oxygen atoms in total. The highest BCUT2D eigenvalue weighted by Crippen LogP contribution is 2.42. The van der Waals surface area contributed by atoms with Gasteiger partial charge in [0.2, 0.25) is 10.0 Å². The van der Waals surface area contributed by atoms with Gasteiger partial charge in [0.05, 0.1) is 28.8 Å². The van der Waals surface area contributed by atoms with E-state index in [4.69, 9.17) is 15.6 Å². The van der Waals surface area contributed by atoms with Crippen LogP contribution in [-0.4, -0.2) is 40.4 Å². The van der Waals surface area contributed by atoms with Crippen molar-refractivity contribution in [3.05, 3.63) is 107 Å². The second kappa shape index (κ2) is 11.4. The summed E-state index contributed by atoms with van der Waals surface area (Å²) >= 11 is 0. The first-order valence-corrected chi connectivity index (χ1v) is 15.1. The zero-order valence-electron chi connectivity index (χ0n) is 24.1. The molecule has 1 aromatic heterocycles. The number of hydrogen-bond donors (Lipinski definition) is 3. The van der Waals surface area contributed by atoms with E-state index in [1.165, 1.54) is 68.7 Å². The van der Waals surface area contributed by atoms with Gasteiger partial charge in [-0.2, -0.15) is 13.2 Å². The van der Waals surface area contributed by atoms with E-state index in [1.807, 2.05) is 0 Å². The van der Waals surface area contributed by atoms with Crippen molar-refractivity contribution in [2.75, 3.05) is 30.4 Å². The lowest BCUT2D eigenvalue weighted by molar-refractivity contribution is -0.137. The van der Waals surface area contributed by atoms with Crippen LogP contribution in [0.5, 0.6) is 0 Å². The minimum Gasteiger partial charge on any atom is -0.455 e. The largest absolute Gasteiger partial charge is 0.455 e. The number of fused-ring (bicyclic) bond motifs is 1. The third-order valence-electron chi connectivity index (χ3n) is 7.34. The lowest BCUT2D eigenvalue weighted by Gasteiger charge is -2.21. The van der Waals surface area contributed by atoms with E-state index in [1.54, 1.807) is 12.1 Å². The Balaban J connectivity index is 1.74. The van der Waals surface area contributed by atoms with Gasteiger partial charge in [-0.1, -0.05) is 18.2 Å². The van der Waals surface area contributed by atoms with Gasteiger partial charge in [-0.3, -0.25) is 14.5 Å². The van der Waals surface area contributed by atoms with Crippen molar-refractivity contribution in [2.45, 2.75) is 6.18 Å². The molecular weight excluding hydrogens is 612 g/mol. The molecule has 0 fully saturated rings. The summed E-state index contributed by atoms with van der Waals surface area (Å²) in [5.41, 5.74) is 7.31. The summed E-state index contributed by atoms with van der Waals surface area (Å²) in [7, 11) is -1.05. The van der Waals surface area contributed by atoms with Crippen LogP contribution in [0.4, 0.5) is 28.9 Å². The number of nitrogens with two attached hydrogens (primary N) is 1. The van der Waals surface area contributed by atoms with Gasteiger partial charge in [0, 0.05) is 53.5 Å². The van der Waals surface area contributed by atoms with Crippen LogP contribution in [0.25, 0.3) is 33.4 Å². The number of alkyl halides is 3. The van der Waals surface area contributed by atoms with Gasteiger partial charge in [-0.05, 0) is 60.2 Å². The molecule has 0 unspecified atom stereocenters. The van der Waals surface area contributed by atoms with Gasteiger partial charge in [0.1, 0.15) is 17.2 Å². The standard InChI is InChI=1S/C32H26F4N4O4S/c1-39-31(41)28-24-15-22(19-8-13-25(37)23(14-19)29(38)17-4-9-20(10-5-17)32(34,35)36)26(40(2)45(3,42)43)16-27(24)44-30(28)18-6-11-21(33)12-7-18/h4-16,38H,37H2,1-3H3,(H,39,41). The topological polar surface area (TPSA) is 129 Å². The normalized spacial score (nSPS) is 11.9. The van der Waals surface area contributed by atoms with E-state index in [-0.39, 0.29) is 45.1 Å². The van der Waals surface area contributed by atoms with Gasteiger partial charge in [-0.15, -0.1) is 0 Å². The van der Waals surface area contributed by atoms with Gasteiger partial charge < -0.3 is 15.5 Å². The van der Waals surface area contributed by atoms with Gasteiger partial charge in [0.15, 0.2) is 0 Å². The third-order valence-corrected chi connectivity index (χ3v) is 8.53. The number of nitrogens with zero attached hydrogens (tertiary/aromatic N) is 1. The predicted octanol–water partition coefficient (Wildman–Crippen LogP) is 6.68. The van der Waals surface area contributed by atoms with Crippen LogP contribution in [0.3, 0.4) is 0 Å². The van der Waals surface area contributed by atoms with E-state index in [9.17, 15) is 30.8 Å². The van der Waals surface area contributed by atoms with E-state index >= 15 is 0 Å². The fraction of sp³-hybridized carbons (Fsp3) is 0.125. The Morgan fingerprint density at radius 3 is 2.16 bits per heavy atom. The minimum atomic E-state index is -4.54. The Bertz CT molecular complexity index is 2070. The third kappa shape index (κ3) is 5.98. The highest BCUT2D eigenvalue weighted by atomic mass is 32.2. The van der Waals surface area contributed by atoms with Crippen molar-refractivity contribution in [1.82, 2.24) is 5.32 Å². The average Bonchev–Trinajstić information content (AvgIpc) is 3.37. The lowest BCUT2D eigenvalue weighted by Crippen LogP contribution is -2.25. The molecule has 0 atom stereocenters.